The number of aliphatic hydroxyl groups is 1. The number of aliphatic hydroxyl groups excluding tert-OH is 1. The van der Waals surface area contributed by atoms with Crippen molar-refractivity contribution < 1.29 is 9.84 Å². The Bertz CT molecular complexity index is 208. The maximum atomic E-state index is 9.93. The highest BCUT2D eigenvalue weighted by Crippen LogP contribution is 2.25. The maximum absolute atomic E-state index is 9.93. The van der Waals surface area contributed by atoms with Crippen LogP contribution in [0.5, 0.6) is 0 Å². The molecule has 1 N–H and O–H groups in total. The molecule has 3 nitrogen and oxygen atoms in total. The maximum Gasteiger partial charge on any atom is 0.0900 e. The third-order valence-corrected chi connectivity index (χ3v) is 4.15. The molecular formula is C14H27NO2. The number of likely N-dealkylation sites (tertiary alicyclic amines) is 1. The standard InChI is InChI=1S/C14H27NO2/c1-12-4-6-14(7-5-12)17-11-13(16)10-15-8-2-3-9-15/h12-14,16H,2-11H2,1H3/t12?,13-,14?/m0/s1. The zero-order chi connectivity index (χ0) is 12.1. The van der Waals surface area contributed by atoms with Gasteiger partial charge in [-0.05, 0) is 57.5 Å². The second-order valence-electron chi connectivity index (χ2n) is 5.88. The van der Waals surface area contributed by atoms with Crippen LogP contribution in [0.2, 0.25) is 0 Å². The van der Waals surface area contributed by atoms with Crippen LogP contribution in [0.4, 0.5) is 0 Å². The van der Waals surface area contributed by atoms with Crippen LogP contribution in [0.15, 0.2) is 0 Å². The highest BCUT2D eigenvalue weighted by molar-refractivity contribution is 4.73. The van der Waals surface area contributed by atoms with Crippen LogP contribution in [0, 0.1) is 5.92 Å². The van der Waals surface area contributed by atoms with Crippen LogP contribution in [-0.4, -0.2) is 48.5 Å². The van der Waals surface area contributed by atoms with E-state index in [-0.39, 0.29) is 6.10 Å². The molecule has 0 radical (unpaired) electrons. The van der Waals surface area contributed by atoms with Gasteiger partial charge in [-0.15, -0.1) is 0 Å². The molecule has 2 fully saturated rings. The van der Waals surface area contributed by atoms with E-state index < -0.39 is 0 Å². The Balaban J connectivity index is 1.57. The first kappa shape index (κ1) is 13.3. The molecular weight excluding hydrogens is 214 g/mol. The number of rotatable bonds is 5. The molecule has 0 amide bonds. The summed E-state index contributed by atoms with van der Waals surface area (Å²) in [5.41, 5.74) is 0. The van der Waals surface area contributed by atoms with Crippen LogP contribution in [-0.2, 0) is 4.74 Å². The van der Waals surface area contributed by atoms with E-state index in [9.17, 15) is 5.11 Å². The lowest BCUT2D eigenvalue weighted by Gasteiger charge is -2.27. The normalized spacial score (nSPS) is 32.8. The fraction of sp³-hybridized carbons (Fsp3) is 1.00. The van der Waals surface area contributed by atoms with Crippen molar-refractivity contribution in [1.82, 2.24) is 4.90 Å². The fourth-order valence-electron chi connectivity index (χ4n) is 2.96. The van der Waals surface area contributed by atoms with Gasteiger partial charge in [0.1, 0.15) is 0 Å². The van der Waals surface area contributed by atoms with Gasteiger partial charge in [0.15, 0.2) is 0 Å². The topological polar surface area (TPSA) is 32.7 Å². The molecule has 1 saturated carbocycles. The molecule has 1 aliphatic carbocycles. The number of nitrogens with zero attached hydrogens (tertiary/aromatic N) is 1. The molecule has 100 valence electrons. The largest absolute Gasteiger partial charge is 0.389 e. The van der Waals surface area contributed by atoms with Crippen molar-refractivity contribution in [3.05, 3.63) is 0 Å². The van der Waals surface area contributed by atoms with E-state index in [1.807, 2.05) is 0 Å². The Hall–Kier alpha value is -0.120. The summed E-state index contributed by atoms with van der Waals surface area (Å²) in [7, 11) is 0. The highest BCUT2D eigenvalue weighted by Gasteiger charge is 2.21. The highest BCUT2D eigenvalue weighted by atomic mass is 16.5. The van der Waals surface area contributed by atoms with Crippen molar-refractivity contribution in [3.8, 4) is 0 Å². The van der Waals surface area contributed by atoms with E-state index >= 15 is 0 Å². The van der Waals surface area contributed by atoms with Crippen molar-refractivity contribution in [2.75, 3.05) is 26.2 Å². The SMILES string of the molecule is CC1CCC(OC[C@@H](O)CN2CCCC2)CC1. The number of hydrogen-bond donors (Lipinski definition) is 1. The smallest absolute Gasteiger partial charge is 0.0900 e. The molecule has 0 spiro atoms. The Labute approximate surface area is 105 Å². The lowest BCUT2D eigenvalue weighted by Crippen LogP contribution is -2.34. The van der Waals surface area contributed by atoms with E-state index in [2.05, 4.69) is 11.8 Å². The first-order chi connectivity index (χ1) is 8.24. The van der Waals surface area contributed by atoms with E-state index in [0.717, 1.165) is 25.6 Å². The van der Waals surface area contributed by atoms with Crippen molar-refractivity contribution >= 4 is 0 Å². The molecule has 0 bridgehead atoms. The van der Waals surface area contributed by atoms with Gasteiger partial charge in [-0.3, -0.25) is 0 Å². The minimum Gasteiger partial charge on any atom is -0.389 e. The monoisotopic (exact) mass is 241 g/mol. The van der Waals surface area contributed by atoms with Crippen molar-refractivity contribution in [3.63, 3.8) is 0 Å². The Morgan fingerprint density at radius 3 is 2.47 bits per heavy atom. The second-order valence-corrected chi connectivity index (χ2v) is 5.88. The summed E-state index contributed by atoms with van der Waals surface area (Å²) in [5, 5.41) is 9.93. The first-order valence-electron chi connectivity index (χ1n) is 7.26. The van der Waals surface area contributed by atoms with Crippen LogP contribution in [0.25, 0.3) is 0 Å². The van der Waals surface area contributed by atoms with Crippen LogP contribution < -0.4 is 0 Å². The molecule has 1 saturated heterocycles. The molecule has 17 heavy (non-hydrogen) atoms. The molecule has 1 heterocycles. The molecule has 0 aromatic carbocycles. The Kier molecular flexibility index (Phi) is 5.26. The molecule has 0 unspecified atom stereocenters. The zero-order valence-electron chi connectivity index (χ0n) is 11.1. The summed E-state index contributed by atoms with van der Waals surface area (Å²) in [6.07, 6.45) is 7.60. The lowest BCUT2D eigenvalue weighted by molar-refractivity contribution is -0.0358. The van der Waals surface area contributed by atoms with Gasteiger partial charge in [0.05, 0.1) is 18.8 Å². The molecule has 2 rings (SSSR count). The number of hydrogen-bond acceptors (Lipinski definition) is 3. The molecule has 1 atom stereocenters. The molecule has 1 aliphatic heterocycles. The minimum atomic E-state index is -0.299. The van der Waals surface area contributed by atoms with Gasteiger partial charge in [-0.2, -0.15) is 0 Å². The summed E-state index contributed by atoms with van der Waals surface area (Å²) in [5.74, 6) is 0.865. The zero-order valence-corrected chi connectivity index (χ0v) is 11.1. The quantitative estimate of drug-likeness (QED) is 0.799. The predicted octanol–water partition coefficient (Wildman–Crippen LogP) is 2.04. The molecule has 3 heteroatoms. The van der Waals surface area contributed by atoms with Crippen LogP contribution in [0.3, 0.4) is 0 Å². The average Bonchev–Trinajstić information content (AvgIpc) is 2.81. The average molecular weight is 241 g/mol. The van der Waals surface area contributed by atoms with E-state index in [0.29, 0.717) is 12.7 Å². The summed E-state index contributed by atoms with van der Waals surface area (Å²) < 4.78 is 5.83. The second kappa shape index (κ2) is 6.72. The van der Waals surface area contributed by atoms with E-state index in [1.54, 1.807) is 0 Å². The van der Waals surface area contributed by atoms with E-state index in [4.69, 9.17) is 4.74 Å². The van der Waals surface area contributed by atoms with Crippen LogP contribution in [0.1, 0.15) is 45.4 Å². The van der Waals surface area contributed by atoms with Gasteiger partial charge in [0.2, 0.25) is 0 Å². The number of β-amino-alcohol motifs (C(OH)–C–C–N with tert-alkyl or cyclic N) is 1. The Morgan fingerprint density at radius 2 is 1.82 bits per heavy atom. The summed E-state index contributed by atoms with van der Waals surface area (Å²) in [6.45, 7) is 5.94. The molecule has 0 aromatic rings. The molecule has 2 aliphatic rings. The van der Waals surface area contributed by atoms with Crippen molar-refractivity contribution in [1.29, 1.82) is 0 Å². The van der Waals surface area contributed by atoms with Crippen molar-refractivity contribution in [2.45, 2.75) is 57.7 Å². The Morgan fingerprint density at radius 1 is 1.18 bits per heavy atom. The van der Waals surface area contributed by atoms with Gasteiger partial charge < -0.3 is 14.7 Å². The van der Waals surface area contributed by atoms with Gasteiger partial charge in [0, 0.05) is 6.54 Å². The number of ether oxygens (including phenoxy) is 1. The van der Waals surface area contributed by atoms with Crippen molar-refractivity contribution in [2.24, 2.45) is 5.92 Å². The summed E-state index contributed by atoms with van der Waals surface area (Å²) in [6, 6.07) is 0. The van der Waals surface area contributed by atoms with Gasteiger partial charge >= 0.3 is 0 Å². The summed E-state index contributed by atoms with van der Waals surface area (Å²) >= 11 is 0. The lowest BCUT2D eigenvalue weighted by atomic mass is 9.89. The summed E-state index contributed by atoms with van der Waals surface area (Å²) in [4.78, 5) is 2.34. The fourth-order valence-corrected chi connectivity index (χ4v) is 2.96. The van der Waals surface area contributed by atoms with Crippen LogP contribution >= 0.6 is 0 Å². The van der Waals surface area contributed by atoms with Gasteiger partial charge in [0.25, 0.3) is 0 Å². The van der Waals surface area contributed by atoms with Gasteiger partial charge in [-0.25, -0.2) is 0 Å². The third kappa shape index (κ3) is 4.57. The predicted molar refractivity (Wildman–Crippen MR) is 69.1 cm³/mol. The minimum absolute atomic E-state index is 0.299. The van der Waals surface area contributed by atoms with E-state index in [1.165, 1.54) is 38.5 Å². The first-order valence-corrected chi connectivity index (χ1v) is 7.26. The molecule has 0 aromatic heterocycles. The van der Waals surface area contributed by atoms with Gasteiger partial charge in [-0.1, -0.05) is 6.92 Å². The third-order valence-electron chi connectivity index (χ3n) is 4.15.